The first kappa shape index (κ1) is 127. The summed E-state index contributed by atoms with van der Waals surface area (Å²) in [6, 6.07) is 4.33. The lowest BCUT2D eigenvalue weighted by molar-refractivity contribution is -0.896. The molecule has 762 valence electrons. The van der Waals surface area contributed by atoms with Crippen molar-refractivity contribution in [2.75, 3.05) is 152 Å². The van der Waals surface area contributed by atoms with Gasteiger partial charge in [0.25, 0.3) is 0 Å². The molecule has 1 aromatic rings. The average Bonchev–Trinajstić information content (AvgIpc) is 1.02. The molecule has 0 bridgehead atoms. The number of likely N-dealkylation sites (tertiary alicyclic amines) is 2. The van der Waals surface area contributed by atoms with Gasteiger partial charge in [-0.25, -0.2) is 4.57 Å². The second-order valence-electron chi connectivity index (χ2n) is 55.5. The number of quaternary nitrogens is 1. The molecular weight excluding hydrogens is 1570 g/mol. The number of aliphatic imine (C=N–C) groups is 1. The lowest BCUT2D eigenvalue weighted by Gasteiger charge is -2.42. The van der Waals surface area contributed by atoms with Crippen LogP contribution < -0.4 is 64.7 Å². The molecule has 9 fully saturated rings. The van der Waals surface area contributed by atoms with Gasteiger partial charge in [-0.05, 0) is 306 Å². The molecule has 9 aliphatic heterocycles. The van der Waals surface area contributed by atoms with E-state index in [9.17, 15) is 0 Å². The number of hydrogen-bond donors (Lipinski definition) is 12. The Hall–Kier alpha value is -2.71. The number of rotatable bonds is 21. The van der Waals surface area contributed by atoms with Crippen LogP contribution in [-0.4, -0.2) is 179 Å². The van der Waals surface area contributed by atoms with Gasteiger partial charge in [-0.15, -0.1) is 0 Å². The van der Waals surface area contributed by atoms with E-state index >= 15 is 0 Å². The summed E-state index contributed by atoms with van der Waals surface area (Å²) >= 11 is 0. The van der Waals surface area contributed by atoms with Crippen LogP contribution >= 0.6 is 0 Å². The molecule has 0 aliphatic carbocycles. The van der Waals surface area contributed by atoms with Gasteiger partial charge in [-0.1, -0.05) is 281 Å². The van der Waals surface area contributed by atoms with Gasteiger partial charge in [0.1, 0.15) is 7.05 Å². The van der Waals surface area contributed by atoms with Crippen LogP contribution in [0.5, 0.6) is 0 Å². The molecule has 0 aromatic carbocycles. The minimum absolute atomic E-state index is 0.204. The maximum Gasteiger partial charge on any atom is 0.188 e. The molecule has 16 N–H and O–H groups in total. The topological polar surface area (TPSA) is 241 Å². The minimum atomic E-state index is 0.204. The van der Waals surface area contributed by atoms with E-state index in [4.69, 9.17) is 33.1 Å². The van der Waals surface area contributed by atoms with Gasteiger partial charge in [0.05, 0.1) is 39.9 Å². The number of unbranched alkanes of at least 4 members (excludes halogenated alkanes) is 4. The molecule has 1 aromatic heterocycles. The van der Waals surface area contributed by atoms with E-state index in [0.717, 1.165) is 99.6 Å². The Bertz CT molecular complexity index is 2780. The zero-order valence-corrected chi connectivity index (χ0v) is 93.6. The second kappa shape index (κ2) is 62.2. The monoisotopic (exact) mass is 1810 g/mol. The van der Waals surface area contributed by atoms with Crippen molar-refractivity contribution in [3.63, 3.8) is 0 Å². The summed E-state index contributed by atoms with van der Waals surface area (Å²) in [6.07, 6.45) is 35.4. The fourth-order valence-electron chi connectivity index (χ4n) is 16.2. The highest BCUT2D eigenvalue weighted by Crippen LogP contribution is 2.37. The van der Waals surface area contributed by atoms with Gasteiger partial charge in [0.2, 0.25) is 0 Å². The lowest BCUT2D eigenvalue weighted by atomic mass is 9.75. The van der Waals surface area contributed by atoms with Gasteiger partial charge < -0.3 is 74.3 Å². The van der Waals surface area contributed by atoms with Crippen LogP contribution in [0.4, 0.5) is 0 Å². The van der Waals surface area contributed by atoms with Crippen molar-refractivity contribution in [2.24, 2.45) is 142 Å². The first-order chi connectivity index (χ1) is 58.2. The summed E-state index contributed by atoms with van der Waals surface area (Å²) in [5.74, 6) is 7.93. The van der Waals surface area contributed by atoms with Crippen molar-refractivity contribution in [2.45, 2.75) is 408 Å². The van der Waals surface area contributed by atoms with Crippen LogP contribution in [0.25, 0.3) is 0 Å². The van der Waals surface area contributed by atoms with Crippen LogP contribution in [0.2, 0.25) is 0 Å². The molecule has 0 radical (unpaired) electrons. The van der Waals surface area contributed by atoms with Crippen molar-refractivity contribution in [3.05, 3.63) is 30.1 Å². The van der Waals surface area contributed by atoms with Crippen molar-refractivity contribution in [1.82, 2.24) is 42.1 Å². The summed E-state index contributed by atoms with van der Waals surface area (Å²) in [5.41, 5.74) is 28.2. The standard InChI is InChI=1S/C11H24N.C10H23N3.C10H16N.2C10H21N.C9H19N3.3C9H19N.C9H21N.C8H17NO.C7H15N/c1-11(2,3)10-6-8-12(4,5)9-7-10;1-10(2,3)7-5-4-6-8-13-9(11)12;1-10(2,3)9-5-7-11(4)8-6-9;1-10(2,3)8-9-4-6-11-7-5-9;1-10(2,3)6-4-5-9-7-11-8-9;1-9(2,3)4-7-5-12(6-7)8(10)11;1-9(2,3)6-8-4-5-10-7-8;2*1-9(2,3)5-4-8-6-10-7-8;1-9(2,3)7-5-4-6-8-10;1-8(2,3)6-10-7-4-9-5-7;1-7(2,3)6-4-8-5-6/h10H,6-9H2,1-5H3;4-8H2,1-3H3,(H4,11,12,13);5-8H,1-4H3;2*9,11H,4-8H2,1-3H3;7H,4-6H2,1-3H3,(H3,10,11);3*8,10H,4-7H2,1-3H3;4-8,10H2,1-3H3;7,9H,4-6H2,1-3H3;6,8H,4-5H2,1-3H3/q+1;;+1;;;;;;;;;. The van der Waals surface area contributed by atoms with Gasteiger partial charge in [-0.2, -0.15) is 0 Å². The highest BCUT2D eigenvalue weighted by atomic mass is 16.5. The number of nitrogens with zero attached hydrogens (tertiary/aromatic N) is 4. The van der Waals surface area contributed by atoms with Gasteiger partial charge >= 0.3 is 0 Å². The summed E-state index contributed by atoms with van der Waals surface area (Å²) in [7, 11) is 6.73. The molecule has 0 saturated carbocycles. The van der Waals surface area contributed by atoms with Crippen molar-refractivity contribution >= 4 is 11.9 Å². The third-order valence-electron chi connectivity index (χ3n) is 25.6. The fourth-order valence-corrected chi connectivity index (χ4v) is 16.2. The number of nitrogens with one attached hydrogen (secondary N) is 8. The molecule has 0 amide bonds. The number of hydrogen-bond acceptors (Lipinski definition) is 11. The molecule has 17 heteroatoms. The van der Waals surface area contributed by atoms with Crippen LogP contribution in [0.15, 0.2) is 29.5 Å². The predicted octanol–water partition coefficient (Wildman–Crippen LogP) is 23.2. The Morgan fingerprint density at radius 3 is 1.06 bits per heavy atom. The zero-order chi connectivity index (χ0) is 98.9. The predicted molar refractivity (Wildman–Crippen MR) is 569 cm³/mol. The van der Waals surface area contributed by atoms with Crippen LogP contribution in [0, 0.1) is 112 Å². The number of aryl methyl sites for hydroxylation is 1. The number of guanidine groups is 2. The van der Waals surface area contributed by atoms with E-state index in [1.54, 1.807) is 0 Å². The largest absolute Gasteiger partial charge is 0.375 e. The van der Waals surface area contributed by atoms with Gasteiger partial charge in [0.15, 0.2) is 24.3 Å². The van der Waals surface area contributed by atoms with E-state index in [1.807, 2.05) is 11.9 Å². The van der Waals surface area contributed by atoms with Gasteiger partial charge in [0, 0.05) is 57.7 Å². The third kappa shape index (κ3) is 80.6. The molecule has 1 atom stereocenters. The number of aromatic nitrogens is 1. The summed E-state index contributed by atoms with van der Waals surface area (Å²) in [6.45, 7) is 107. The molecular formula is C111H234N16O+2. The molecule has 9 aliphatic rings. The Morgan fingerprint density at radius 2 is 0.758 bits per heavy atom. The van der Waals surface area contributed by atoms with Crippen LogP contribution in [-0.2, 0) is 17.2 Å². The van der Waals surface area contributed by atoms with Crippen LogP contribution in [0.1, 0.15) is 402 Å². The van der Waals surface area contributed by atoms with E-state index in [0.29, 0.717) is 65.7 Å². The van der Waals surface area contributed by atoms with Gasteiger partial charge in [-0.3, -0.25) is 10.4 Å². The number of piperidine rings is 2. The van der Waals surface area contributed by atoms with E-state index in [2.05, 4.69) is 335 Å². The van der Waals surface area contributed by atoms with Crippen molar-refractivity contribution in [1.29, 1.82) is 5.41 Å². The van der Waals surface area contributed by atoms with Crippen molar-refractivity contribution in [3.8, 4) is 0 Å². The Labute approximate surface area is 800 Å². The Morgan fingerprint density at radius 1 is 0.398 bits per heavy atom. The quantitative estimate of drug-likeness (QED) is 0.0181. The van der Waals surface area contributed by atoms with E-state index < -0.39 is 0 Å². The molecule has 10 rings (SSSR count). The smallest absolute Gasteiger partial charge is 0.188 e. The molecule has 128 heavy (non-hydrogen) atoms. The molecule has 9 saturated heterocycles. The number of ether oxygens (including phenoxy) is 1. The summed E-state index contributed by atoms with van der Waals surface area (Å²) in [4.78, 5) is 5.84. The first-order valence-electron chi connectivity index (χ1n) is 52.4. The zero-order valence-electron chi connectivity index (χ0n) is 93.6. The fraction of sp³-hybridized carbons (Fsp3) is 0.937. The van der Waals surface area contributed by atoms with E-state index in [-0.39, 0.29) is 17.3 Å². The van der Waals surface area contributed by atoms with E-state index in [1.165, 1.54) is 243 Å². The Kier molecular flexibility index (Phi) is 61.9. The normalized spacial score (nSPS) is 19.3. The maximum absolute atomic E-state index is 7.18. The maximum atomic E-state index is 7.18. The second-order valence-corrected chi connectivity index (χ2v) is 55.5. The summed E-state index contributed by atoms with van der Waals surface area (Å²) < 4.78 is 8.86. The molecule has 0 spiro atoms. The van der Waals surface area contributed by atoms with Crippen molar-refractivity contribution < 1.29 is 13.8 Å². The third-order valence-corrected chi connectivity index (χ3v) is 25.6. The van der Waals surface area contributed by atoms with Crippen LogP contribution in [0.3, 0.4) is 0 Å². The highest BCUT2D eigenvalue weighted by Gasteiger charge is 2.35. The minimum Gasteiger partial charge on any atom is -0.375 e. The first-order valence-corrected chi connectivity index (χ1v) is 52.4. The number of pyridine rings is 1. The SMILES string of the molecule is CC(C)(C)C1CC[N+](C)(C)CC1.CC(C)(C)C1CNC1.CC(C)(C)CC1CCNC1.CC(C)(C)CC1CCNCC1.CC(C)(C)CC1CN(C(=N)N)C1.CC(C)(C)CCC1CNC1.CC(C)(C)CCC1CNC1.CC(C)(C)CCCC1CNC1.CC(C)(C)CCCCCN.CC(C)(C)CCCCCN=C(N)N.CC(C)(C)COC1CNC1.C[n+]1ccc(C(C)(C)C)cc1. The summed E-state index contributed by atoms with van der Waals surface area (Å²) in [5, 5.41) is 30.3. The lowest BCUT2D eigenvalue weighted by Crippen LogP contribution is -2.53. The molecule has 1 unspecified atom stereocenters. The average molecular weight is 1810 g/mol. The number of nitrogens with two attached hydrogens (primary N) is 4. The molecule has 17 nitrogen and oxygen atoms in total. The molecule has 10 heterocycles. The highest BCUT2D eigenvalue weighted by molar-refractivity contribution is 5.75. The Balaban J connectivity index is 0.